The van der Waals surface area contributed by atoms with E-state index in [-0.39, 0.29) is 12.2 Å². The van der Waals surface area contributed by atoms with Crippen molar-refractivity contribution >= 4 is 5.91 Å². The second kappa shape index (κ2) is 29.8. The molecule has 8 aliphatic heterocycles. The van der Waals surface area contributed by atoms with E-state index in [2.05, 4.69) is 22.2 Å². The second-order valence-electron chi connectivity index (χ2n) is 22.9. The van der Waals surface area contributed by atoms with Crippen molar-refractivity contribution < 1.29 is 168 Å². The monoisotopic (exact) mass is 1290 g/mol. The van der Waals surface area contributed by atoms with E-state index in [1.165, 1.54) is 13.1 Å². The molecule has 1 aromatic rings. The Labute approximate surface area is 505 Å². The van der Waals surface area contributed by atoms with Crippen LogP contribution in [0, 0.1) is 5.92 Å². The minimum absolute atomic E-state index is 0.163. The maximum atomic E-state index is 11.9. The summed E-state index contributed by atoms with van der Waals surface area (Å²) >= 11 is 0. The van der Waals surface area contributed by atoms with Crippen LogP contribution in [0.5, 0.6) is 0 Å². The first-order chi connectivity index (χ1) is 42.4. The fraction of sp³-hybridized carbons (Fsp3) is 0.902. The van der Waals surface area contributed by atoms with E-state index in [1.54, 1.807) is 6.92 Å². The highest BCUT2D eigenvalue weighted by molar-refractivity contribution is 5.86. The maximum Gasteiger partial charge on any atom is 0.243 e. The predicted molar refractivity (Wildman–Crippen MR) is 276 cm³/mol. The number of fused-ring (bicyclic) bond motifs is 1. The van der Waals surface area contributed by atoms with Crippen LogP contribution >= 0.6 is 0 Å². The molecule has 0 spiro atoms. The lowest BCUT2D eigenvalue weighted by Gasteiger charge is -2.50. The molecule has 0 saturated carbocycles. The number of ether oxygens (including phenoxy) is 14. The molecule has 89 heavy (non-hydrogen) atoms. The lowest BCUT2D eigenvalue weighted by atomic mass is 9.88. The van der Waals surface area contributed by atoms with E-state index in [0.29, 0.717) is 6.42 Å². The van der Waals surface area contributed by atoms with Gasteiger partial charge >= 0.3 is 0 Å². The molecule has 1 aromatic heterocycles. The number of aliphatic hydroxyl groups is 19. The van der Waals surface area contributed by atoms with E-state index in [4.69, 9.17) is 66.3 Å². The Balaban J connectivity index is 0.866. The van der Waals surface area contributed by atoms with Gasteiger partial charge in [0.1, 0.15) is 152 Å². The molecule has 8 fully saturated rings. The van der Waals surface area contributed by atoms with Gasteiger partial charge in [0, 0.05) is 5.92 Å². The van der Waals surface area contributed by atoms with Gasteiger partial charge in [-0.15, -0.1) is 5.10 Å². The van der Waals surface area contributed by atoms with Crippen molar-refractivity contribution in [3.63, 3.8) is 0 Å². The summed E-state index contributed by atoms with van der Waals surface area (Å²) in [5, 5.41) is 219. The summed E-state index contributed by atoms with van der Waals surface area (Å²) in [6, 6.07) is 0. The van der Waals surface area contributed by atoms with Crippen molar-refractivity contribution in [3.8, 4) is 0 Å². The molecule has 510 valence electrons. The number of carbonyl (C=O) groups excluding carboxylic acids is 1. The smallest absolute Gasteiger partial charge is 0.243 e. The van der Waals surface area contributed by atoms with Crippen molar-refractivity contribution in [2.45, 2.75) is 242 Å². The van der Waals surface area contributed by atoms with Gasteiger partial charge in [-0.05, 0) is 19.4 Å². The van der Waals surface area contributed by atoms with Gasteiger partial charge in [0.05, 0.1) is 71.1 Å². The third-order valence-electron chi connectivity index (χ3n) is 17.2. The zero-order valence-corrected chi connectivity index (χ0v) is 47.8. The number of rotatable bonds is 24. The van der Waals surface area contributed by atoms with Crippen LogP contribution in [-0.4, -0.2) is 366 Å². The summed E-state index contributed by atoms with van der Waals surface area (Å²) in [7, 11) is 0. The fourth-order valence-corrected chi connectivity index (χ4v) is 12.1. The molecule has 1 amide bonds. The van der Waals surface area contributed by atoms with Crippen LogP contribution in [0.25, 0.3) is 0 Å². The van der Waals surface area contributed by atoms with Crippen LogP contribution in [0.2, 0.25) is 0 Å². The van der Waals surface area contributed by atoms with Crippen LogP contribution in [0.4, 0.5) is 0 Å². The fourth-order valence-electron chi connectivity index (χ4n) is 12.1. The van der Waals surface area contributed by atoms with E-state index in [1.807, 2.05) is 0 Å². The summed E-state index contributed by atoms with van der Waals surface area (Å²) in [5.41, 5.74) is 0.172. The molecule has 35 atom stereocenters. The van der Waals surface area contributed by atoms with Crippen LogP contribution in [0.15, 0.2) is 18.9 Å². The zero-order chi connectivity index (χ0) is 64.7. The molecule has 9 rings (SSSR count). The molecule has 0 radical (unpaired) electrons. The predicted octanol–water partition coefficient (Wildman–Crippen LogP) is -13.1. The summed E-state index contributed by atoms with van der Waals surface area (Å²) < 4.78 is 82.2. The molecule has 8 saturated heterocycles. The van der Waals surface area contributed by atoms with Gasteiger partial charge in [-0.1, -0.05) is 18.7 Å². The van der Waals surface area contributed by atoms with Gasteiger partial charge in [0.2, 0.25) is 11.7 Å². The number of nitrogens with zero attached hydrogens (tertiary/aromatic N) is 3. The Morgan fingerprint density at radius 1 is 0.517 bits per heavy atom. The first kappa shape index (κ1) is 70.3. The molecule has 9 heterocycles. The van der Waals surface area contributed by atoms with Gasteiger partial charge in [0.25, 0.3) is 0 Å². The van der Waals surface area contributed by atoms with E-state index >= 15 is 0 Å². The van der Waals surface area contributed by atoms with Gasteiger partial charge in [-0.2, -0.15) is 0 Å². The number of nitrogens with one attached hydrogen (secondary N) is 1. The van der Waals surface area contributed by atoms with E-state index in [9.17, 15) is 102 Å². The molecule has 38 nitrogen and oxygen atoms in total. The molecular formula is C51H82N4O34. The first-order valence-corrected chi connectivity index (χ1v) is 28.9. The normalized spacial score (nSPS) is 49.4. The molecule has 8 aliphatic rings. The second-order valence-corrected chi connectivity index (χ2v) is 22.9. The Morgan fingerprint density at radius 2 is 0.843 bits per heavy atom. The number of carbonyl (C=O) groups is 1. The lowest BCUT2D eigenvalue weighted by molar-refractivity contribution is -0.396. The van der Waals surface area contributed by atoms with Crippen LogP contribution < -0.4 is 5.32 Å². The Morgan fingerprint density at radius 3 is 1.20 bits per heavy atom. The van der Waals surface area contributed by atoms with E-state index in [0.717, 1.165) is 10.8 Å². The molecule has 20 N–H and O–H groups in total. The number of epoxide rings is 1. The number of aromatic nitrogens is 3. The van der Waals surface area contributed by atoms with Crippen molar-refractivity contribution in [1.82, 2.24) is 20.3 Å². The molecule has 35 unspecified atom stereocenters. The molecule has 38 heteroatoms. The van der Waals surface area contributed by atoms with E-state index < -0.39 is 266 Å². The molecule has 0 aliphatic carbocycles. The molecule has 0 bridgehead atoms. The Hall–Kier alpha value is -2.97. The number of hydrogen-bond donors (Lipinski definition) is 20. The minimum Gasteiger partial charge on any atom is -0.394 e. The standard InChI is InChI=1S/C51H82N4O34/c1-4-17-19(9-56)78-50(44-51(17,75)89-44)88-43-24(14-61)82-49(37(74)32(43)69)87-41-22(12-59)79-46(34(71)29(41)66)83-38-18(8-55-7-16(53-54-55)6-52-25(62)5-2)77-45(33(70)28(38)65)85-40-21(11-58)81-48(36(73)30(40)67)86-42-23(13-60)80-47(35(72)31(42)68)84-39-20(10-57)76-15(3)26(63)27(39)64/h5,7,15,17-24,26-50,56-61,63-75H,2,4,6,8-14H2,1,3H3,(H,52,62). The number of hydrogen-bond acceptors (Lipinski definition) is 36. The van der Waals surface area contributed by atoms with Crippen molar-refractivity contribution in [3.05, 3.63) is 24.5 Å². The third kappa shape index (κ3) is 14.4. The summed E-state index contributed by atoms with van der Waals surface area (Å²) in [6.07, 6.45) is -56.2. The highest BCUT2D eigenvalue weighted by atomic mass is 16.8. The largest absolute Gasteiger partial charge is 0.394 e. The Kier molecular flexibility index (Phi) is 23.5. The van der Waals surface area contributed by atoms with Crippen LogP contribution in [0.3, 0.4) is 0 Å². The number of aliphatic hydroxyl groups excluding tert-OH is 18. The molecule has 0 aromatic carbocycles. The molecular weight excluding hydrogens is 1210 g/mol. The Bertz CT molecular complexity index is 2420. The van der Waals surface area contributed by atoms with Crippen molar-refractivity contribution in [2.75, 3.05) is 39.6 Å². The van der Waals surface area contributed by atoms with Crippen molar-refractivity contribution in [1.29, 1.82) is 0 Å². The highest BCUT2D eigenvalue weighted by Crippen LogP contribution is 2.52. The topological polar surface area (TPSA) is 577 Å². The minimum atomic E-state index is -2.23. The average molecular weight is 1300 g/mol. The van der Waals surface area contributed by atoms with Crippen LogP contribution in [-0.2, 0) is 84.2 Å². The number of amides is 1. The van der Waals surface area contributed by atoms with Gasteiger partial charge < -0.3 is 169 Å². The highest BCUT2D eigenvalue weighted by Gasteiger charge is 2.70. The lowest BCUT2D eigenvalue weighted by Crippen LogP contribution is -2.68. The van der Waals surface area contributed by atoms with Crippen molar-refractivity contribution in [2.24, 2.45) is 5.92 Å². The third-order valence-corrected chi connectivity index (χ3v) is 17.2. The summed E-state index contributed by atoms with van der Waals surface area (Å²) in [5.74, 6) is -2.94. The van der Waals surface area contributed by atoms with Gasteiger partial charge in [-0.25, -0.2) is 4.68 Å². The summed E-state index contributed by atoms with van der Waals surface area (Å²) in [6.45, 7) is 0.690. The van der Waals surface area contributed by atoms with Gasteiger partial charge in [0.15, 0.2) is 43.8 Å². The zero-order valence-electron chi connectivity index (χ0n) is 47.8. The van der Waals surface area contributed by atoms with Gasteiger partial charge in [-0.3, -0.25) is 4.79 Å². The summed E-state index contributed by atoms with van der Waals surface area (Å²) in [4.78, 5) is 11.9. The SMILES string of the molecule is C=CC(=O)NCc1cn(CC2OC(OC3C(CO)OC(OC4C(CO)OC(OC5C(CO)OC(C)C(O)C5O)C(O)C4O)C(O)C3O)C(O)C(O)C2OC2OC(CO)C(OC3OC(CO)C(OC4OC(CO)C(CC)C5(O)OC45)C(O)C3O)C(O)C2O)nn1. The average Bonchev–Trinajstić information content (AvgIpc) is 1.58. The maximum absolute atomic E-state index is 11.9. The van der Waals surface area contributed by atoms with Crippen LogP contribution in [0.1, 0.15) is 26.0 Å². The quantitative estimate of drug-likeness (QED) is 0.0338. The first-order valence-electron chi connectivity index (χ1n) is 28.9.